The summed E-state index contributed by atoms with van der Waals surface area (Å²) in [5.41, 5.74) is 11.2. The molecule has 0 N–H and O–H groups in total. The van der Waals surface area contributed by atoms with Gasteiger partial charge >= 0.3 is 0 Å². The molecule has 0 atom stereocenters. The van der Waals surface area contributed by atoms with Crippen LogP contribution < -0.4 is 0 Å². The predicted molar refractivity (Wildman–Crippen MR) is 175 cm³/mol. The van der Waals surface area contributed by atoms with E-state index in [2.05, 4.69) is 65.4 Å². The summed E-state index contributed by atoms with van der Waals surface area (Å²) in [6.45, 7) is 10.8. The van der Waals surface area contributed by atoms with Crippen molar-refractivity contribution in [2.75, 3.05) is 7.05 Å². The van der Waals surface area contributed by atoms with Crippen LogP contribution in [0.1, 0.15) is 42.3 Å². The van der Waals surface area contributed by atoms with Crippen LogP contribution in [0.4, 0.5) is 0 Å². The maximum Gasteiger partial charge on any atom is 0.0893 e. The topological polar surface area (TPSA) is 63.9 Å². The van der Waals surface area contributed by atoms with Crippen molar-refractivity contribution in [1.29, 1.82) is 0 Å². The van der Waals surface area contributed by atoms with Crippen LogP contribution in [0.2, 0.25) is 0 Å². The first-order valence-corrected chi connectivity index (χ1v) is 13.9. The zero-order valence-corrected chi connectivity index (χ0v) is 24.0. The first-order valence-electron chi connectivity index (χ1n) is 13.9. The molecule has 4 aromatic heterocycles. The Morgan fingerprint density at radius 1 is 0.643 bits per heavy atom. The van der Waals surface area contributed by atoms with E-state index in [0.29, 0.717) is 12.8 Å². The second kappa shape index (κ2) is 13.4. The first kappa shape index (κ1) is 28.2. The summed E-state index contributed by atoms with van der Waals surface area (Å²) in [6, 6.07) is 32.1. The van der Waals surface area contributed by atoms with Crippen LogP contribution in [-0.4, -0.2) is 32.7 Å². The number of nitrogens with zero attached hydrogens (tertiary/aromatic N) is 5. The van der Waals surface area contributed by atoms with Crippen molar-refractivity contribution < 1.29 is 0 Å². The SMILES string of the molecule is C=C(CC(=NC)c1cccc(/C(=C/C)CC(=C)c2cccc(-c3ccccn3)n2)c1)c1cccc(-c2ccccn2)n1. The monoisotopic (exact) mass is 547 g/mol. The molecule has 0 aliphatic carbocycles. The van der Waals surface area contributed by atoms with Gasteiger partial charge in [0.25, 0.3) is 0 Å². The standard InChI is InChI=1S/C37H33N5/c1-5-28(23-26(2)31-17-11-19-35(41-31)33-15-6-8-21-39-33)29-13-10-14-30(25-29)37(38-4)24-27(3)32-18-12-20-36(42-32)34-16-7-9-22-40-34/h5-22,25H,2-3,23-24H2,1,4H3/b28-5+,38-37?. The van der Waals surface area contributed by atoms with Crippen molar-refractivity contribution in [3.05, 3.63) is 151 Å². The first-order chi connectivity index (χ1) is 20.6. The zero-order chi connectivity index (χ0) is 29.3. The van der Waals surface area contributed by atoms with Gasteiger partial charge in [0.15, 0.2) is 0 Å². The van der Waals surface area contributed by atoms with E-state index in [1.807, 2.05) is 79.8 Å². The highest BCUT2D eigenvalue weighted by Crippen LogP contribution is 2.29. The summed E-state index contributed by atoms with van der Waals surface area (Å²) in [6.07, 6.45) is 6.95. The van der Waals surface area contributed by atoms with E-state index in [4.69, 9.17) is 9.97 Å². The van der Waals surface area contributed by atoms with E-state index in [1.54, 1.807) is 12.4 Å². The van der Waals surface area contributed by atoms with E-state index in [1.165, 1.54) is 5.57 Å². The molecule has 5 heteroatoms. The number of hydrogen-bond donors (Lipinski definition) is 0. The van der Waals surface area contributed by atoms with Crippen molar-refractivity contribution in [2.24, 2.45) is 4.99 Å². The largest absolute Gasteiger partial charge is 0.292 e. The molecule has 0 radical (unpaired) electrons. The van der Waals surface area contributed by atoms with Gasteiger partial charge in [0.05, 0.1) is 34.2 Å². The molecule has 0 bridgehead atoms. The molecule has 0 fully saturated rings. The molecule has 42 heavy (non-hydrogen) atoms. The molecule has 0 saturated heterocycles. The summed E-state index contributed by atoms with van der Waals surface area (Å²) >= 11 is 0. The molecular weight excluding hydrogens is 514 g/mol. The summed E-state index contributed by atoms with van der Waals surface area (Å²) in [5.74, 6) is 0. The molecule has 1 aromatic carbocycles. The summed E-state index contributed by atoms with van der Waals surface area (Å²) in [4.78, 5) is 23.2. The Balaban J connectivity index is 1.32. The maximum absolute atomic E-state index is 4.84. The molecule has 5 rings (SSSR count). The van der Waals surface area contributed by atoms with Crippen molar-refractivity contribution in [1.82, 2.24) is 19.9 Å². The fourth-order valence-corrected chi connectivity index (χ4v) is 4.77. The molecule has 0 unspecified atom stereocenters. The van der Waals surface area contributed by atoms with Gasteiger partial charge < -0.3 is 0 Å². The highest BCUT2D eigenvalue weighted by Gasteiger charge is 2.13. The van der Waals surface area contributed by atoms with Crippen LogP contribution >= 0.6 is 0 Å². The average molecular weight is 548 g/mol. The van der Waals surface area contributed by atoms with E-state index in [-0.39, 0.29) is 0 Å². The summed E-state index contributed by atoms with van der Waals surface area (Å²) in [7, 11) is 1.83. The van der Waals surface area contributed by atoms with Gasteiger partial charge in [-0.25, -0.2) is 9.97 Å². The number of rotatable bonds is 10. The Morgan fingerprint density at radius 3 is 1.69 bits per heavy atom. The Hall–Kier alpha value is -5.29. The predicted octanol–water partition coefficient (Wildman–Crippen LogP) is 8.63. The summed E-state index contributed by atoms with van der Waals surface area (Å²) < 4.78 is 0. The van der Waals surface area contributed by atoms with E-state index < -0.39 is 0 Å². The Labute approximate surface area is 247 Å². The fraction of sp³-hybridized carbons (Fsp3) is 0.108. The minimum Gasteiger partial charge on any atom is -0.292 e. The molecular formula is C37H33N5. The third kappa shape index (κ3) is 6.70. The number of aromatic nitrogens is 4. The number of aliphatic imine (C=N–C) groups is 1. The minimum absolute atomic E-state index is 0.584. The summed E-state index contributed by atoms with van der Waals surface area (Å²) in [5, 5.41) is 0. The Bertz CT molecular complexity index is 1640. The Kier molecular flexibility index (Phi) is 9.00. The molecule has 0 aliphatic rings. The second-order valence-corrected chi connectivity index (χ2v) is 9.87. The molecule has 0 saturated carbocycles. The fourth-order valence-electron chi connectivity index (χ4n) is 4.77. The number of benzene rings is 1. The van der Waals surface area contributed by atoms with Gasteiger partial charge in [-0.05, 0) is 95.8 Å². The lowest BCUT2D eigenvalue weighted by molar-refractivity contribution is 1.20. The Morgan fingerprint density at radius 2 is 1.17 bits per heavy atom. The van der Waals surface area contributed by atoms with Gasteiger partial charge in [0.1, 0.15) is 0 Å². The van der Waals surface area contributed by atoms with Crippen molar-refractivity contribution in [3.63, 3.8) is 0 Å². The quantitative estimate of drug-likeness (QED) is 0.164. The van der Waals surface area contributed by atoms with Gasteiger partial charge in [-0.2, -0.15) is 0 Å². The molecule has 0 spiro atoms. The van der Waals surface area contributed by atoms with Gasteiger partial charge in [-0.3, -0.25) is 15.0 Å². The van der Waals surface area contributed by atoms with Crippen LogP contribution in [-0.2, 0) is 0 Å². The van der Waals surface area contributed by atoms with Crippen LogP contribution in [0.5, 0.6) is 0 Å². The van der Waals surface area contributed by atoms with Crippen LogP contribution in [0.15, 0.2) is 134 Å². The molecule has 5 aromatic rings. The number of hydrogen-bond acceptors (Lipinski definition) is 5. The minimum atomic E-state index is 0.584. The number of pyridine rings is 4. The highest BCUT2D eigenvalue weighted by atomic mass is 14.8. The third-order valence-corrected chi connectivity index (χ3v) is 7.05. The van der Waals surface area contributed by atoms with Gasteiger partial charge in [0.2, 0.25) is 0 Å². The molecule has 4 heterocycles. The van der Waals surface area contributed by atoms with Crippen LogP contribution in [0, 0.1) is 0 Å². The van der Waals surface area contributed by atoms with Crippen LogP contribution in [0.25, 0.3) is 39.5 Å². The lowest BCUT2D eigenvalue weighted by Crippen LogP contribution is -2.04. The molecule has 5 nitrogen and oxygen atoms in total. The van der Waals surface area contributed by atoms with Crippen molar-refractivity contribution in [3.8, 4) is 22.8 Å². The van der Waals surface area contributed by atoms with Gasteiger partial charge in [-0.1, -0.05) is 61.7 Å². The zero-order valence-electron chi connectivity index (χ0n) is 24.0. The lowest BCUT2D eigenvalue weighted by Gasteiger charge is -2.14. The van der Waals surface area contributed by atoms with Gasteiger partial charge in [0, 0.05) is 31.6 Å². The van der Waals surface area contributed by atoms with Crippen molar-refractivity contribution >= 4 is 22.4 Å². The van der Waals surface area contributed by atoms with E-state index in [9.17, 15) is 0 Å². The smallest absolute Gasteiger partial charge is 0.0893 e. The highest BCUT2D eigenvalue weighted by molar-refractivity contribution is 6.06. The second-order valence-electron chi connectivity index (χ2n) is 9.87. The maximum atomic E-state index is 4.84. The molecule has 0 aliphatic heterocycles. The lowest BCUT2D eigenvalue weighted by atomic mass is 9.93. The third-order valence-electron chi connectivity index (χ3n) is 7.05. The molecule has 206 valence electrons. The van der Waals surface area contributed by atoms with E-state index in [0.717, 1.165) is 62.1 Å². The molecule has 0 amide bonds. The number of allylic oxidation sites excluding steroid dienone is 4. The average Bonchev–Trinajstić information content (AvgIpc) is 3.06. The normalized spacial score (nSPS) is 11.8. The van der Waals surface area contributed by atoms with E-state index >= 15 is 0 Å². The van der Waals surface area contributed by atoms with Crippen LogP contribution in [0.3, 0.4) is 0 Å². The van der Waals surface area contributed by atoms with Crippen molar-refractivity contribution in [2.45, 2.75) is 19.8 Å². The van der Waals surface area contributed by atoms with Gasteiger partial charge in [-0.15, -0.1) is 0 Å².